The number of carbonyl (C=O) groups is 1. The van der Waals surface area contributed by atoms with Gasteiger partial charge < -0.3 is 5.32 Å². The standard InChI is InChI=1S/C20H23ClN4O/c1-5-18(14-6-8-16(21)9-7-14)24-20(26)17-10-15-11-22-25(12(2)3)19(15)23-13(17)4/h6-12,18H,5H2,1-4H3,(H,24,26). The van der Waals surface area contributed by atoms with Crippen molar-refractivity contribution in [3.05, 3.63) is 58.4 Å². The van der Waals surface area contributed by atoms with Gasteiger partial charge in [-0.2, -0.15) is 5.10 Å². The van der Waals surface area contributed by atoms with Crippen molar-refractivity contribution in [1.29, 1.82) is 0 Å². The average Bonchev–Trinajstić information content (AvgIpc) is 3.02. The van der Waals surface area contributed by atoms with E-state index in [4.69, 9.17) is 11.6 Å². The van der Waals surface area contributed by atoms with E-state index in [1.807, 2.05) is 48.9 Å². The van der Waals surface area contributed by atoms with Crippen LogP contribution < -0.4 is 5.32 Å². The number of rotatable bonds is 5. The Hall–Kier alpha value is -2.40. The number of aromatic nitrogens is 3. The first kappa shape index (κ1) is 18.4. The van der Waals surface area contributed by atoms with Crippen LogP contribution in [0.5, 0.6) is 0 Å². The van der Waals surface area contributed by atoms with Crippen LogP contribution in [0.4, 0.5) is 0 Å². The van der Waals surface area contributed by atoms with Gasteiger partial charge in [-0.1, -0.05) is 30.7 Å². The molecule has 3 aromatic rings. The Morgan fingerprint density at radius 1 is 1.27 bits per heavy atom. The van der Waals surface area contributed by atoms with Crippen LogP contribution in [-0.4, -0.2) is 20.7 Å². The third-order valence-electron chi connectivity index (χ3n) is 4.48. The van der Waals surface area contributed by atoms with E-state index in [0.29, 0.717) is 16.3 Å². The van der Waals surface area contributed by atoms with E-state index in [-0.39, 0.29) is 18.0 Å². The van der Waals surface area contributed by atoms with E-state index in [1.54, 1.807) is 6.20 Å². The lowest BCUT2D eigenvalue weighted by molar-refractivity contribution is 0.0934. The SMILES string of the molecule is CCC(NC(=O)c1cc2cnn(C(C)C)c2nc1C)c1ccc(Cl)cc1. The van der Waals surface area contributed by atoms with Gasteiger partial charge in [-0.05, 0) is 51.0 Å². The van der Waals surface area contributed by atoms with Crippen molar-refractivity contribution < 1.29 is 4.79 Å². The molecule has 0 aliphatic carbocycles. The molecule has 6 heteroatoms. The van der Waals surface area contributed by atoms with Gasteiger partial charge >= 0.3 is 0 Å². The summed E-state index contributed by atoms with van der Waals surface area (Å²) >= 11 is 5.96. The van der Waals surface area contributed by atoms with Gasteiger partial charge in [0.05, 0.1) is 23.5 Å². The van der Waals surface area contributed by atoms with Crippen molar-refractivity contribution >= 4 is 28.5 Å². The molecule has 0 bridgehead atoms. The predicted molar refractivity (Wildman–Crippen MR) is 105 cm³/mol. The van der Waals surface area contributed by atoms with Crippen molar-refractivity contribution in [1.82, 2.24) is 20.1 Å². The zero-order valence-electron chi connectivity index (χ0n) is 15.5. The van der Waals surface area contributed by atoms with Gasteiger partial charge in [-0.25, -0.2) is 9.67 Å². The number of hydrogen-bond acceptors (Lipinski definition) is 3. The lowest BCUT2D eigenvalue weighted by Gasteiger charge is -2.18. The summed E-state index contributed by atoms with van der Waals surface area (Å²) in [5, 5.41) is 9.04. The van der Waals surface area contributed by atoms with Crippen molar-refractivity contribution in [3.8, 4) is 0 Å². The van der Waals surface area contributed by atoms with Crippen LogP contribution in [0.1, 0.15) is 60.9 Å². The van der Waals surface area contributed by atoms with Crippen LogP contribution in [0.2, 0.25) is 5.02 Å². The maximum atomic E-state index is 12.9. The molecule has 26 heavy (non-hydrogen) atoms. The van der Waals surface area contributed by atoms with Gasteiger partial charge in [-0.3, -0.25) is 4.79 Å². The van der Waals surface area contributed by atoms with Gasteiger partial charge in [0.15, 0.2) is 5.65 Å². The third-order valence-corrected chi connectivity index (χ3v) is 4.73. The van der Waals surface area contributed by atoms with Crippen molar-refractivity contribution in [3.63, 3.8) is 0 Å². The fourth-order valence-electron chi connectivity index (χ4n) is 3.03. The summed E-state index contributed by atoms with van der Waals surface area (Å²) in [6.07, 6.45) is 2.54. The molecule has 0 fully saturated rings. The van der Waals surface area contributed by atoms with Gasteiger partial charge in [-0.15, -0.1) is 0 Å². The van der Waals surface area contributed by atoms with E-state index >= 15 is 0 Å². The number of nitrogens with zero attached hydrogens (tertiary/aromatic N) is 3. The molecule has 0 aliphatic heterocycles. The number of halogens is 1. The van der Waals surface area contributed by atoms with Crippen molar-refractivity contribution in [2.24, 2.45) is 0 Å². The Bertz CT molecular complexity index is 931. The van der Waals surface area contributed by atoms with Crippen LogP contribution in [-0.2, 0) is 0 Å². The van der Waals surface area contributed by atoms with Gasteiger partial charge in [0.2, 0.25) is 0 Å². The molecule has 1 atom stereocenters. The maximum Gasteiger partial charge on any atom is 0.253 e. The van der Waals surface area contributed by atoms with Gasteiger partial charge in [0, 0.05) is 16.5 Å². The summed E-state index contributed by atoms with van der Waals surface area (Å²) in [5.74, 6) is -0.129. The van der Waals surface area contributed by atoms with Crippen LogP contribution in [0.15, 0.2) is 36.5 Å². The summed E-state index contributed by atoms with van der Waals surface area (Å²) in [4.78, 5) is 17.5. The van der Waals surface area contributed by atoms with Crippen LogP contribution >= 0.6 is 11.6 Å². The number of amides is 1. The second-order valence-electron chi connectivity index (χ2n) is 6.70. The maximum absolute atomic E-state index is 12.9. The van der Waals surface area contributed by atoms with E-state index in [9.17, 15) is 4.79 Å². The zero-order chi connectivity index (χ0) is 18.8. The minimum Gasteiger partial charge on any atom is -0.345 e. The van der Waals surface area contributed by atoms with Crippen molar-refractivity contribution in [2.75, 3.05) is 0 Å². The molecule has 3 rings (SSSR count). The zero-order valence-corrected chi connectivity index (χ0v) is 16.2. The molecular weight excluding hydrogens is 348 g/mol. The normalized spacial score (nSPS) is 12.5. The number of aryl methyl sites for hydroxylation is 1. The average molecular weight is 371 g/mol. The number of nitrogens with one attached hydrogen (secondary N) is 1. The molecule has 136 valence electrons. The van der Waals surface area contributed by atoms with E-state index < -0.39 is 0 Å². The number of hydrogen-bond donors (Lipinski definition) is 1. The van der Waals surface area contributed by atoms with Crippen LogP contribution in [0, 0.1) is 6.92 Å². The molecule has 2 heterocycles. The summed E-state index contributed by atoms with van der Waals surface area (Å²) < 4.78 is 1.87. The minimum atomic E-state index is -0.129. The van der Waals surface area contributed by atoms with Gasteiger partial charge in [0.1, 0.15) is 0 Å². The van der Waals surface area contributed by atoms with Gasteiger partial charge in [0.25, 0.3) is 5.91 Å². The number of pyridine rings is 1. The van der Waals surface area contributed by atoms with Crippen LogP contribution in [0.25, 0.3) is 11.0 Å². The number of fused-ring (bicyclic) bond motifs is 1. The molecule has 1 aromatic carbocycles. The monoisotopic (exact) mass is 370 g/mol. The second kappa shape index (κ2) is 7.46. The molecule has 0 aliphatic rings. The highest BCUT2D eigenvalue weighted by Gasteiger charge is 2.18. The van der Waals surface area contributed by atoms with Crippen molar-refractivity contribution in [2.45, 2.75) is 46.2 Å². The number of carbonyl (C=O) groups excluding carboxylic acids is 1. The second-order valence-corrected chi connectivity index (χ2v) is 7.14. The van der Waals surface area contributed by atoms with Crippen LogP contribution in [0.3, 0.4) is 0 Å². The Morgan fingerprint density at radius 2 is 1.96 bits per heavy atom. The molecule has 1 amide bonds. The quantitative estimate of drug-likeness (QED) is 0.698. The van der Waals surface area contributed by atoms with E-state index in [0.717, 1.165) is 23.0 Å². The number of benzene rings is 1. The Morgan fingerprint density at radius 3 is 2.58 bits per heavy atom. The fourth-order valence-corrected chi connectivity index (χ4v) is 3.15. The first-order chi connectivity index (χ1) is 12.4. The highest BCUT2D eigenvalue weighted by Crippen LogP contribution is 2.22. The minimum absolute atomic E-state index is 0.0757. The molecule has 5 nitrogen and oxygen atoms in total. The molecular formula is C20H23ClN4O. The first-order valence-electron chi connectivity index (χ1n) is 8.82. The fraction of sp³-hybridized carbons (Fsp3) is 0.350. The Kier molecular flexibility index (Phi) is 5.28. The topological polar surface area (TPSA) is 59.8 Å². The molecule has 1 unspecified atom stereocenters. The Balaban J connectivity index is 1.89. The molecule has 0 saturated heterocycles. The highest BCUT2D eigenvalue weighted by atomic mass is 35.5. The predicted octanol–water partition coefficient (Wildman–Crippen LogP) is 4.86. The van der Waals surface area contributed by atoms with E-state index in [1.165, 1.54) is 0 Å². The lowest BCUT2D eigenvalue weighted by Crippen LogP contribution is -2.29. The highest BCUT2D eigenvalue weighted by molar-refractivity contribution is 6.30. The molecule has 0 radical (unpaired) electrons. The largest absolute Gasteiger partial charge is 0.345 e. The molecule has 0 spiro atoms. The summed E-state index contributed by atoms with van der Waals surface area (Å²) in [7, 11) is 0. The summed E-state index contributed by atoms with van der Waals surface area (Å²) in [6.45, 7) is 8.01. The third kappa shape index (κ3) is 3.58. The molecule has 2 aromatic heterocycles. The Labute approximate surface area is 158 Å². The summed E-state index contributed by atoms with van der Waals surface area (Å²) in [5.41, 5.74) is 3.11. The molecule has 1 N–H and O–H groups in total. The smallest absolute Gasteiger partial charge is 0.253 e. The first-order valence-corrected chi connectivity index (χ1v) is 9.19. The van der Waals surface area contributed by atoms with E-state index in [2.05, 4.69) is 29.2 Å². The summed E-state index contributed by atoms with van der Waals surface area (Å²) in [6, 6.07) is 9.57. The lowest BCUT2D eigenvalue weighted by atomic mass is 10.0. The molecule has 0 saturated carbocycles.